The predicted molar refractivity (Wildman–Crippen MR) is 102 cm³/mol. The standard InChI is InChI=1S/C16H16BrNO4S2/c1-9(2)22-12-4-3-11(17)7-10(12)8-13-15(21)18(16(23)24-13)6-5-14(19)20/h3-4,7-9H,5-6H2,1-2H3,(H,19,20)/b13-8-. The maximum atomic E-state index is 12.5. The monoisotopic (exact) mass is 429 g/mol. The molecule has 1 heterocycles. The second-order valence-corrected chi connectivity index (χ2v) is 7.92. The molecule has 1 aromatic carbocycles. The van der Waals surface area contributed by atoms with Crippen molar-refractivity contribution in [1.82, 2.24) is 4.90 Å². The highest BCUT2D eigenvalue weighted by atomic mass is 79.9. The number of benzene rings is 1. The first-order valence-corrected chi connectivity index (χ1v) is 9.23. The molecule has 1 aliphatic heterocycles. The fourth-order valence-electron chi connectivity index (χ4n) is 2.03. The van der Waals surface area contributed by atoms with Gasteiger partial charge in [-0.3, -0.25) is 14.5 Å². The molecule has 8 heteroatoms. The molecule has 24 heavy (non-hydrogen) atoms. The van der Waals surface area contributed by atoms with Crippen molar-refractivity contribution >= 4 is 62.2 Å². The number of carbonyl (C=O) groups excluding carboxylic acids is 1. The molecule has 2 rings (SSSR count). The molecule has 1 N–H and O–H groups in total. The molecule has 1 saturated heterocycles. The summed E-state index contributed by atoms with van der Waals surface area (Å²) in [7, 11) is 0. The third kappa shape index (κ3) is 4.81. The summed E-state index contributed by atoms with van der Waals surface area (Å²) >= 11 is 9.77. The molecule has 0 radical (unpaired) electrons. The van der Waals surface area contributed by atoms with E-state index in [4.69, 9.17) is 22.1 Å². The van der Waals surface area contributed by atoms with Crippen molar-refractivity contribution in [2.24, 2.45) is 0 Å². The van der Waals surface area contributed by atoms with Gasteiger partial charge in [-0.1, -0.05) is 39.9 Å². The third-order valence-electron chi connectivity index (χ3n) is 3.04. The number of carbonyl (C=O) groups is 2. The van der Waals surface area contributed by atoms with Gasteiger partial charge in [0.15, 0.2) is 0 Å². The Bertz CT molecular complexity index is 718. The summed E-state index contributed by atoms with van der Waals surface area (Å²) in [4.78, 5) is 24.9. The minimum atomic E-state index is -0.965. The summed E-state index contributed by atoms with van der Waals surface area (Å²) in [5.74, 6) is -0.571. The van der Waals surface area contributed by atoms with Crippen molar-refractivity contribution in [3.8, 4) is 5.75 Å². The Balaban J connectivity index is 2.28. The van der Waals surface area contributed by atoms with Gasteiger partial charge in [-0.2, -0.15) is 0 Å². The van der Waals surface area contributed by atoms with Crippen molar-refractivity contribution in [3.63, 3.8) is 0 Å². The highest BCUT2D eigenvalue weighted by Crippen LogP contribution is 2.35. The summed E-state index contributed by atoms with van der Waals surface area (Å²) in [5.41, 5.74) is 0.761. The van der Waals surface area contributed by atoms with Crippen LogP contribution in [-0.2, 0) is 9.59 Å². The summed E-state index contributed by atoms with van der Waals surface area (Å²) in [6, 6.07) is 5.57. The number of halogens is 1. The van der Waals surface area contributed by atoms with Gasteiger partial charge in [0, 0.05) is 16.6 Å². The van der Waals surface area contributed by atoms with Gasteiger partial charge in [0.05, 0.1) is 17.4 Å². The first-order valence-electron chi connectivity index (χ1n) is 7.21. The van der Waals surface area contributed by atoms with Crippen LogP contribution >= 0.6 is 39.9 Å². The second kappa shape index (κ2) is 8.13. The number of carboxylic acid groups (broad SMARTS) is 1. The molecule has 1 aliphatic rings. The average molecular weight is 430 g/mol. The highest BCUT2D eigenvalue weighted by Gasteiger charge is 2.32. The molecule has 0 aromatic heterocycles. The van der Waals surface area contributed by atoms with E-state index in [1.54, 1.807) is 6.08 Å². The smallest absolute Gasteiger partial charge is 0.305 e. The normalized spacial score (nSPS) is 16.3. The van der Waals surface area contributed by atoms with Gasteiger partial charge >= 0.3 is 5.97 Å². The number of hydrogen-bond acceptors (Lipinski definition) is 5. The van der Waals surface area contributed by atoms with E-state index in [-0.39, 0.29) is 25.0 Å². The van der Waals surface area contributed by atoms with E-state index in [1.165, 1.54) is 16.7 Å². The van der Waals surface area contributed by atoms with Crippen LogP contribution in [0.5, 0.6) is 5.75 Å². The van der Waals surface area contributed by atoms with Crippen LogP contribution in [0.2, 0.25) is 0 Å². The van der Waals surface area contributed by atoms with E-state index >= 15 is 0 Å². The summed E-state index contributed by atoms with van der Waals surface area (Å²) < 4.78 is 7.00. The van der Waals surface area contributed by atoms with E-state index < -0.39 is 5.97 Å². The fraction of sp³-hybridized carbons (Fsp3) is 0.312. The molecule has 1 aromatic rings. The average Bonchev–Trinajstić information content (AvgIpc) is 2.74. The Morgan fingerprint density at radius 2 is 2.21 bits per heavy atom. The highest BCUT2D eigenvalue weighted by molar-refractivity contribution is 9.10. The van der Waals surface area contributed by atoms with Crippen LogP contribution in [0.4, 0.5) is 0 Å². The van der Waals surface area contributed by atoms with Gasteiger partial charge in [0.25, 0.3) is 5.91 Å². The lowest BCUT2D eigenvalue weighted by atomic mass is 10.2. The van der Waals surface area contributed by atoms with Crippen LogP contribution in [0.25, 0.3) is 6.08 Å². The number of carboxylic acids is 1. The molecule has 0 atom stereocenters. The summed E-state index contributed by atoms with van der Waals surface area (Å²) in [6.45, 7) is 3.93. The molecule has 1 fully saturated rings. The van der Waals surface area contributed by atoms with Gasteiger partial charge in [0.2, 0.25) is 0 Å². The van der Waals surface area contributed by atoms with Crippen LogP contribution in [0.15, 0.2) is 27.6 Å². The zero-order chi connectivity index (χ0) is 17.9. The van der Waals surface area contributed by atoms with Gasteiger partial charge in [-0.25, -0.2) is 0 Å². The van der Waals surface area contributed by atoms with E-state index in [1.807, 2.05) is 32.0 Å². The van der Waals surface area contributed by atoms with Crippen LogP contribution in [0.3, 0.4) is 0 Å². The van der Waals surface area contributed by atoms with Crippen LogP contribution in [0, 0.1) is 0 Å². The first kappa shape index (κ1) is 19.0. The van der Waals surface area contributed by atoms with Crippen molar-refractivity contribution in [2.45, 2.75) is 26.4 Å². The number of aliphatic carboxylic acids is 1. The molecule has 1 amide bonds. The molecule has 128 valence electrons. The molecule has 0 aliphatic carbocycles. The lowest BCUT2D eigenvalue weighted by Gasteiger charge is -2.13. The quantitative estimate of drug-likeness (QED) is 0.545. The number of amides is 1. The van der Waals surface area contributed by atoms with Gasteiger partial charge in [-0.15, -0.1) is 0 Å². The Labute approximate surface area is 158 Å². The molecular formula is C16H16BrNO4S2. The largest absolute Gasteiger partial charge is 0.490 e. The van der Waals surface area contributed by atoms with E-state index in [0.717, 1.165) is 10.0 Å². The van der Waals surface area contributed by atoms with Crippen LogP contribution in [0.1, 0.15) is 25.8 Å². The molecule has 0 bridgehead atoms. The summed E-state index contributed by atoms with van der Waals surface area (Å²) in [5, 5.41) is 8.77. The lowest BCUT2D eigenvalue weighted by Crippen LogP contribution is -2.30. The van der Waals surface area contributed by atoms with Crippen molar-refractivity contribution in [1.29, 1.82) is 0 Å². The number of hydrogen-bond donors (Lipinski definition) is 1. The number of rotatable bonds is 6. The van der Waals surface area contributed by atoms with Gasteiger partial charge in [-0.05, 0) is 38.1 Å². The predicted octanol–water partition coefficient (Wildman–Crippen LogP) is 3.91. The van der Waals surface area contributed by atoms with Crippen molar-refractivity contribution in [2.75, 3.05) is 6.54 Å². The van der Waals surface area contributed by atoms with Gasteiger partial charge < -0.3 is 9.84 Å². The zero-order valence-corrected chi connectivity index (χ0v) is 16.3. The fourth-order valence-corrected chi connectivity index (χ4v) is 3.71. The molecule has 5 nitrogen and oxygen atoms in total. The zero-order valence-electron chi connectivity index (χ0n) is 13.1. The maximum absolute atomic E-state index is 12.5. The molecule has 0 unspecified atom stereocenters. The second-order valence-electron chi connectivity index (χ2n) is 5.33. The Kier molecular flexibility index (Phi) is 6.42. The Morgan fingerprint density at radius 3 is 2.83 bits per heavy atom. The van der Waals surface area contributed by atoms with E-state index in [9.17, 15) is 9.59 Å². The number of nitrogens with zero attached hydrogens (tertiary/aromatic N) is 1. The van der Waals surface area contributed by atoms with Gasteiger partial charge in [0.1, 0.15) is 10.1 Å². The minimum absolute atomic E-state index is 0.00315. The maximum Gasteiger partial charge on any atom is 0.305 e. The molecule has 0 spiro atoms. The number of thioether (sulfide) groups is 1. The molecule has 0 saturated carbocycles. The summed E-state index contributed by atoms with van der Waals surface area (Å²) in [6.07, 6.45) is 1.59. The third-order valence-corrected chi connectivity index (χ3v) is 4.91. The number of ether oxygens (including phenoxy) is 1. The SMILES string of the molecule is CC(C)Oc1ccc(Br)cc1/C=C1\SC(=S)N(CCC(=O)O)C1=O. The lowest BCUT2D eigenvalue weighted by molar-refractivity contribution is -0.137. The first-order chi connectivity index (χ1) is 11.3. The Morgan fingerprint density at radius 1 is 1.50 bits per heavy atom. The topological polar surface area (TPSA) is 66.8 Å². The van der Waals surface area contributed by atoms with E-state index in [0.29, 0.717) is 15.0 Å². The Hall–Kier alpha value is -1.38. The molecular weight excluding hydrogens is 414 g/mol. The van der Waals surface area contributed by atoms with Crippen molar-refractivity contribution < 1.29 is 19.4 Å². The van der Waals surface area contributed by atoms with E-state index in [2.05, 4.69) is 15.9 Å². The number of thiocarbonyl (C=S) groups is 1. The minimum Gasteiger partial charge on any atom is -0.490 e. The van der Waals surface area contributed by atoms with Crippen LogP contribution in [-0.4, -0.2) is 38.9 Å². The van der Waals surface area contributed by atoms with Crippen molar-refractivity contribution in [3.05, 3.63) is 33.1 Å². The van der Waals surface area contributed by atoms with Crippen LogP contribution < -0.4 is 4.74 Å².